The van der Waals surface area contributed by atoms with Gasteiger partial charge >= 0.3 is 0 Å². The first kappa shape index (κ1) is 13.1. The fourth-order valence-corrected chi connectivity index (χ4v) is 4.52. The van der Waals surface area contributed by atoms with Crippen LogP contribution in [0.1, 0.15) is 44.1 Å². The summed E-state index contributed by atoms with van der Waals surface area (Å²) in [6.07, 6.45) is 11.5. The Balaban J connectivity index is 1.65. The zero-order valence-electron chi connectivity index (χ0n) is 12.1. The Morgan fingerprint density at radius 1 is 1.05 bits per heavy atom. The van der Waals surface area contributed by atoms with E-state index < -0.39 is 0 Å². The number of para-hydroxylation sites is 1. The molecule has 2 aliphatic heterocycles. The second-order valence-electron chi connectivity index (χ2n) is 6.40. The van der Waals surface area contributed by atoms with Crippen molar-refractivity contribution in [1.29, 1.82) is 0 Å². The van der Waals surface area contributed by atoms with Crippen molar-refractivity contribution in [3.8, 4) is 5.75 Å². The largest absolute Gasteiger partial charge is 0.496 e. The molecule has 102 valence electrons. The Hall–Kier alpha value is -0.915. The lowest BCUT2D eigenvalue weighted by Crippen LogP contribution is -2.34. The van der Waals surface area contributed by atoms with Crippen molar-refractivity contribution in [2.75, 3.05) is 7.11 Å². The van der Waals surface area contributed by atoms with Gasteiger partial charge in [-0.1, -0.05) is 74.7 Å². The van der Waals surface area contributed by atoms with Crippen LogP contribution in [0.2, 0.25) is 18.0 Å². The Morgan fingerprint density at radius 2 is 1.68 bits per heavy atom. The molecule has 0 spiro atoms. The fourth-order valence-electron chi connectivity index (χ4n) is 4.52. The van der Waals surface area contributed by atoms with Crippen LogP contribution in [-0.4, -0.2) is 13.8 Å². The normalized spacial score (nSPS) is 26.3. The molecule has 1 aromatic rings. The summed E-state index contributed by atoms with van der Waals surface area (Å²) in [6.45, 7) is 0.993. The van der Waals surface area contributed by atoms with Gasteiger partial charge in [0.2, 0.25) is 0 Å². The molecular formula is C17H25BO. The van der Waals surface area contributed by atoms with Gasteiger partial charge in [-0.3, -0.25) is 0 Å². The minimum Gasteiger partial charge on any atom is -0.496 e. The van der Waals surface area contributed by atoms with E-state index in [1.807, 2.05) is 0 Å². The summed E-state index contributed by atoms with van der Waals surface area (Å²) in [5.41, 5.74) is 1.40. The van der Waals surface area contributed by atoms with E-state index in [2.05, 4.69) is 24.3 Å². The van der Waals surface area contributed by atoms with Crippen LogP contribution in [0.15, 0.2) is 24.3 Å². The molecule has 2 fully saturated rings. The molecule has 2 saturated heterocycles. The topological polar surface area (TPSA) is 9.23 Å². The van der Waals surface area contributed by atoms with E-state index >= 15 is 0 Å². The summed E-state index contributed by atoms with van der Waals surface area (Å²) in [7, 11) is 1.79. The maximum atomic E-state index is 5.48. The van der Waals surface area contributed by atoms with Gasteiger partial charge in [0.15, 0.2) is 0 Å². The number of fused-ring (bicyclic) bond motifs is 2. The summed E-state index contributed by atoms with van der Waals surface area (Å²) in [6, 6.07) is 8.53. The highest BCUT2D eigenvalue weighted by atomic mass is 16.5. The summed E-state index contributed by atoms with van der Waals surface area (Å²) < 4.78 is 5.48. The minimum absolute atomic E-state index is 0.993. The molecule has 0 aliphatic carbocycles. The lowest BCUT2D eigenvalue weighted by atomic mass is 9.25. The number of benzene rings is 1. The van der Waals surface area contributed by atoms with Crippen LogP contribution in [0, 0.1) is 0 Å². The monoisotopic (exact) mass is 256 g/mol. The SMILES string of the molecule is COc1ccccc1CCB1C2CCCC1CCC2. The number of hydrogen-bond acceptors (Lipinski definition) is 1. The van der Waals surface area contributed by atoms with Crippen LogP contribution in [0.4, 0.5) is 0 Å². The van der Waals surface area contributed by atoms with Crippen molar-refractivity contribution >= 4 is 6.71 Å². The lowest BCUT2D eigenvalue weighted by Gasteiger charge is -2.40. The van der Waals surface area contributed by atoms with Gasteiger partial charge in [-0.25, -0.2) is 0 Å². The van der Waals surface area contributed by atoms with Crippen molar-refractivity contribution in [3.05, 3.63) is 29.8 Å². The lowest BCUT2D eigenvalue weighted by molar-refractivity contribution is 0.409. The first-order valence-electron chi connectivity index (χ1n) is 8.00. The van der Waals surface area contributed by atoms with Crippen molar-refractivity contribution in [3.63, 3.8) is 0 Å². The predicted octanol–water partition coefficient (Wildman–Crippen LogP) is 4.84. The molecule has 0 saturated carbocycles. The fraction of sp³-hybridized carbons (Fsp3) is 0.647. The standard InChI is InChI=1S/C17H25BO/c1-19-17-11-3-2-6-14(17)12-13-18-15-7-4-8-16(18)10-5-9-15/h2-3,6,11,15-16H,4-5,7-10,12-13H2,1H3. The molecule has 0 aromatic heterocycles. The van der Waals surface area contributed by atoms with Gasteiger partial charge < -0.3 is 4.74 Å². The molecular weight excluding hydrogens is 231 g/mol. The van der Waals surface area contributed by atoms with Crippen LogP contribution < -0.4 is 4.74 Å². The third-order valence-corrected chi connectivity index (χ3v) is 5.45. The quantitative estimate of drug-likeness (QED) is 0.700. The third-order valence-electron chi connectivity index (χ3n) is 5.45. The molecule has 0 radical (unpaired) electrons. The molecule has 2 heterocycles. The van der Waals surface area contributed by atoms with Crippen molar-refractivity contribution in [2.45, 2.75) is 62.9 Å². The molecule has 0 amide bonds. The highest BCUT2D eigenvalue weighted by Gasteiger charge is 2.38. The van der Waals surface area contributed by atoms with Crippen molar-refractivity contribution in [1.82, 2.24) is 0 Å². The Labute approximate surface area is 117 Å². The Bertz CT molecular complexity index is 395. The van der Waals surface area contributed by atoms with Crippen LogP contribution >= 0.6 is 0 Å². The average Bonchev–Trinajstić information content (AvgIpc) is 2.45. The first-order chi connectivity index (χ1) is 9.38. The van der Waals surface area contributed by atoms with E-state index in [0.717, 1.165) is 24.1 Å². The molecule has 2 aliphatic rings. The molecule has 3 rings (SSSR count). The van der Waals surface area contributed by atoms with E-state index in [9.17, 15) is 0 Å². The number of aryl methyl sites for hydroxylation is 1. The zero-order chi connectivity index (χ0) is 13.1. The molecule has 2 bridgehead atoms. The van der Waals surface area contributed by atoms with Crippen molar-refractivity contribution < 1.29 is 4.74 Å². The Morgan fingerprint density at radius 3 is 2.32 bits per heavy atom. The number of methoxy groups -OCH3 is 1. The van der Waals surface area contributed by atoms with E-state index in [-0.39, 0.29) is 0 Å². The van der Waals surface area contributed by atoms with E-state index in [1.165, 1.54) is 56.8 Å². The first-order valence-corrected chi connectivity index (χ1v) is 8.00. The van der Waals surface area contributed by atoms with E-state index in [1.54, 1.807) is 7.11 Å². The second kappa shape index (κ2) is 6.03. The van der Waals surface area contributed by atoms with Crippen LogP contribution in [0.25, 0.3) is 0 Å². The number of hydrogen-bond donors (Lipinski definition) is 0. The molecule has 19 heavy (non-hydrogen) atoms. The van der Waals surface area contributed by atoms with E-state index in [4.69, 9.17) is 4.74 Å². The molecule has 1 aromatic carbocycles. The molecule has 0 N–H and O–H groups in total. The molecule has 0 unspecified atom stereocenters. The summed E-state index contributed by atoms with van der Waals surface area (Å²) in [5.74, 6) is 3.13. The molecule has 1 nitrogen and oxygen atoms in total. The Kier molecular flexibility index (Phi) is 4.15. The van der Waals surface area contributed by atoms with Gasteiger partial charge in [-0.05, 0) is 18.1 Å². The third kappa shape index (κ3) is 2.83. The van der Waals surface area contributed by atoms with Crippen molar-refractivity contribution in [2.24, 2.45) is 0 Å². The zero-order valence-corrected chi connectivity index (χ0v) is 12.1. The highest BCUT2D eigenvalue weighted by molar-refractivity contribution is 6.62. The van der Waals surface area contributed by atoms with Gasteiger partial charge in [0.1, 0.15) is 12.5 Å². The van der Waals surface area contributed by atoms with Crippen LogP contribution in [-0.2, 0) is 6.42 Å². The van der Waals surface area contributed by atoms with Gasteiger partial charge in [0, 0.05) is 0 Å². The molecule has 0 atom stereocenters. The second-order valence-corrected chi connectivity index (χ2v) is 6.40. The number of rotatable bonds is 4. The van der Waals surface area contributed by atoms with Gasteiger partial charge in [0.05, 0.1) is 7.11 Å². The van der Waals surface area contributed by atoms with Gasteiger partial charge in [0.25, 0.3) is 0 Å². The maximum Gasteiger partial charge on any atom is 0.146 e. The van der Waals surface area contributed by atoms with E-state index in [0.29, 0.717) is 0 Å². The summed E-state index contributed by atoms with van der Waals surface area (Å²) in [5, 5.41) is 0. The van der Waals surface area contributed by atoms with Gasteiger partial charge in [-0.2, -0.15) is 0 Å². The highest BCUT2D eigenvalue weighted by Crippen LogP contribution is 2.48. The molecule has 2 heteroatoms. The van der Waals surface area contributed by atoms with Crippen LogP contribution in [0.3, 0.4) is 0 Å². The smallest absolute Gasteiger partial charge is 0.146 e. The number of ether oxygens (including phenoxy) is 1. The van der Waals surface area contributed by atoms with Crippen LogP contribution in [0.5, 0.6) is 5.75 Å². The summed E-state index contributed by atoms with van der Waals surface area (Å²) in [4.78, 5) is 0. The predicted molar refractivity (Wildman–Crippen MR) is 82.5 cm³/mol. The maximum absolute atomic E-state index is 5.48. The summed E-state index contributed by atoms with van der Waals surface area (Å²) >= 11 is 0. The average molecular weight is 256 g/mol. The van der Waals surface area contributed by atoms with Gasteiger partial charge in [-0.15, -0.1) is 0 Å². The minimum atomic E-state index is 0.993.